The first-order valence-electron chi connectivity index (χ1n) is 5.82. The average Bonchev–Trinajstić information content (AvgIpc) is 2.32. The van der Waals surface area contributed by atoms with E-state index in [1.54, 1.807) is 18.7 Å². The Morgan fingerprint density at radius 3 is 2.61 bits per heavy atom. The third-order valence-corrected chi connectivity index (χ3v) is 4.09. The Hall–Kier alpha value is -1.36. The van der Waals surface area contributed by atoms with Crippen LogP contribution in [0.5, 0.6) is 0 Å². The fraction of sp³-hybridized carbons (Fsp3) is 0.385. The number of benzene rings is 1. The van der Waals surface area contributed by atoms with Crippen molar-refractivity contribution in [3.8, 4) is 0 Å². The molecule has 1 aromatic rings. The zero-order valence-electron chi connectivity index (χ0n) is 10.5. The molecule has 5 heteroatoms. The number of carbonyl (C=O) groups is 2. The van der Waals surface area contributed by atoms with E-state index in [1.165, 1.54) is 0 Å². The molecule has 1 fully saturated rings. The van der Waals surface area contributed by atoms with Crippen molar-refractivity contribution in [3.63, 3.8) is 0 Å². The van der Waals surface area contributed by atoms with E-state index in [4.69, 9.17) is 0 Å². The van der Waals surface area contributed by atoms with Gasteiger partial charge in [-0.05, 0) is 38.5 Å². The largest absolute Gasteiger partial charge is 0.343 e. The number of nitrogens with zero attached hydrogens (tertiary/aromatic N) is 1. The SMILES string of the molecule is Cc1c(Br)cccc1N1C(=O)C(C)NC(=O)C1C. The smallest absolute Gasteiger partial charge is 0.250 e. The second kappa shape index (κ2) is 4.72. The molecule has 4 nitrogen and oxygen atoms in total. The molecular weight excluding hydrogens is 296 g/mol. The number of nitrogens with one attached hydrogen (secondary N) is 1. The topological polar surface area (TPSA) is 49.4 Å². The molecule has 0 bridgehead atoms. The zero-order valence-corrected chi connectivity index (χ0v) is 12.1. The number of rotatable bonds is 1. The molecule has 2 rings (SSSR count). The summed E-state index contributed by atoms with van der Waals surface area (Å²) < 4.78 is 0.929. The van der Waals surface area contributed by atoms with Crippen LogP contribution < -0.4 is 10.2 Å². The van der Waals surface area contributed by atoms with Gasteiger partial charge >= 0.3 is 0 Å². The molecule has 0 aromatic heterocycles. The van der Waals surface area contributed by atoms with Crippen molar-refractivity contribution in [2.24, 2.45) is 0 Å². The molecule has 0 aliphatic carbocycles. The quantitative estimate of drug-likeness (QED) is 0.862. The van der Waals surface area contributed by atoms with Gasteiger partial charge in [-0.15, -0.1) is 0 Å². The highest BCUT2D eigenvalue weighted by Crippen LogP contribution is 2.29. The fourth-order valence-corrected chi connectivity index (χ4v) is 2.45. The van der Waals surface area contributed by atoms with Crippen LogP contribution in [0.4, 0.5) is 5.69 Å². The maximum atomic E-state index is 12.2. The maximum Gasteiger partial charge on any atom is 0.250 e. The minimum absolute atomic E-state index is 0.0803. The van der Waals surface area contributed by atoms with Gasteiger partial charge in [0.15, 0.2) is 0 Å². The molecule has 96 valence electrons. The van der Waals surface area contributed by atoms with Crippen molar-refractivity contribution in [3.05, 3.63) is 28.2 Å². The lowest BCUT2D eigenvalue weighted by Gasteiger charge is -2.37. The van der Waals surface area contributed by atoms with Gasteiger partial charge in [0.2, 0.25) is 11.8 Å². The number of anilines is 1. The minimum atomic E-state index is -0.485. The van der Waals surface area contributed by atoms with Gasteiger partial charge in [0.25, 0.3) is 0 Å². The predicted molar refractivity (Wildman–Crippen MR) is 73.4 cm³/mol. The predicted octanol–water partition coefficient (Wildman–Crippen LogP) is 2.00. The van der Waals surface area contributed by atoms with Crippen molar-refractivity contribution in [1.82, 2.24) is 5.32 Å². The number of amides is 2. The molecule has 2 amide bonds. The Kier molecular flexibility index (Phi) is 3.43. The molecule has 1 heterocycles. The molecule has 18 heavy (non-hydrogen) atoms. The molecule has 0 radical (unpaired) electrons. The van der Waals surface area contributed by atoms with Crippen LogP contribution in [0.1, 0.15) is 19.4 Å². The molecule has 1 saturated heterocycles. The van der Waals surface area contributed by atoms with E-state index in [-0.39, 0.29) is 11.8 Å². The van der Waals surface area contributed by atoms with E-state index < -0.39 is 12.1 Å². The highest BCUT2D eigenvalue weighted by atomic mass is 79.9. The van der Waals surface area contributed by atoms with Gasteiger partial charge in [-0.25, -0.2) is 0 Å². The van der Waals surface area contributed by atoms with Crippen molar-refractivity contribution >= 4 is 33.4 Å². The number of hydrogen-bond acceptors (Lipinski definition) is 2. The van der Waals surface area contributed by atoms with E-state index in [0.29, 0.717) is 0 Å². The Morgan fingerprint density at radius 1 is 1.28 bits per heavy atom. The maximum absolute atomic E-state index is 12.2. The molecular formula is C13H15BrN2O2. The molecule has 1 N–H and O–H groups in total. The van der Waals surface area contributed by atoms with Crippen LogP contribution in [0.15, 0.2) is 22.7 Å². The van der Waals surface area contributed by atoms with Crippen LogP contribution >= 0.6 is 15.9 Å². The average molecular weight is 311 g/mol. The highest BCUT2D eigenvalue weighted by molar-refractivity contribution is 9.10. The van der Waals surface area contributed by atoms with Crippen molar-refractivity contribution < 1.29 is 9.59 Å². The summed E-state index contributed by atoms with van der Waals surface area (Å²) in [6, 6.07) is 4.68. The first-order valence-corrected chi connectivity index (χ1v) is 6.61. The van der Waals surface area contributed by atoms with Crippen molar-refractivity contribution in [2.45, 2.75) is 32.9 Å². The number of hydrogen-bond donors (Lipinski definition) is 1. The van der Waals surface area contributed by atoms with Gasteiger partial charge in [-0.2, -0.15) is 0 Å². The first-order chi connectivity index (χ1) is 8.43. The Balaban J connectivity index is 2.50. The molecule has 1 aromatic carbocycles. The summed E-state index contributed by atoms with van der Waals surface area (Å²) in [5, 5.41) is 2.67. The van der Waals surface area contributed by atoms with Crippen molar-refractivity contribution in [1.29, 1.82) is 0 Å². The molecule has 1 aliphatic rings. The summed E-state index contributed by atoms with van der Waals surface area (Å²) in [5.74, 6) is -0.204. The van der Waals surface area contributed by atoms with Gasteiger partial charge in [0.1, 0.15) is 12.1 Å². The summed E-state index contributed by atoms with van der Waals surface area (Å²) in [6.45, 7) is 5.36. The highest BCUT2D eigenvalue weighted by Gasteiger charge is 2.37. The third-order valence-electron chi connectivity index (χ3n) is 3.23. The Bertz CT molecular complexity index is 516. The Labute approximate surface area is 114 Å². The van der Waals surface area contributed by atoms with Gasteiger partial charge in [0.05, 0.1) is 0 Å². The summed E-state index contributed by atoms with van der Waals surface area (Å²) in [7, 11) is 0. The summed E-state index contributed by atoms with van der Waals surface area (Å²) in [4.78, 5) is 25.6. The van der Waals surface area contributed by atoms with Crippen LogP contribution in [-0.2, 0) is 9.59 Å². The molecule has 0 saturated carbocycles. The van der Waals surface area contributed by atoms with E-state index in [1.807, 2.05) is 25.1 Å². The molecule has 2 atom stereocenters. The lowest BCUT2D eigenvalue weighted by molar-refractivity contribution is -0.133. The normalized spacial score (nSPS) is 24.1. The van der Waals surface area contributed by atoms with Crippen molar-refractivity contribution in [2.75, 3.05) is 4.90 Å². The van der Waals surface area contributed by atoms with E-state index in [0.717, 1.165) is 15.7 Å². The number of halogens is 1. The minimum Gasteiger partial charge on any atom is -0.343 e. The zero-order chi connectivity index (χ0) is 13.4. The second-order valence-corrected chi connectivity index (χ2v) is 5.35. The van der Waals surface area contributed by atoms with Gasteiger partial charge in [-0.3, -0.25) is 14.5 Å². The summed E-state index contributed by atoms with van der Waals surface area (Å²) in [6.07, 6.45) is 0. The number of carbonyl (C=O) groups excluding carboxylic acids is 2. The van der Waals surface area contributed by atoms with Crippen LogP contribution in [0.25, 0.3) is 0 Å². The Morgan fingerprint density at radius 2 is 1.94 bits per heavy atom. The standard InChI is InChI=1S/C13H15BrN2O2/c1-7-10(14)5-4-6-11(7)16-9(3)12(17)15-8(2)13(16)18/h4-6,8-9H,1-3H3,(H,15,17). The second-order valence-electron chi connectivity index (χ2n) is 4.50. The van der Waals surface area contributed by atoms with Gasteiger partial charge < -0.3 is 5.32 Å². The van der Waals surface area contributed by atoms with Gasteiger partial charge in [0, 0.05) is 10.2 Å². The summed E-state index contributed by atoms with van der Waals surface area (Å²) in [5.41, 5.74) is 1.74. The van der Waals surface area contributed by atoms with E-state index in [2.05, 4.69) is 21.2 Å². The first kappa shape index (κ1) is 13.1. The lowest BCUT2D eigenvalue weighted by atomic mass is 10.1. The monoisotopic (exact) mass is 310 g/mol. The van der Waals surface area contributed by atoms with E-state index >= 15 is 0 Å². The third kappa shape index (κ3) is 2.03. The fourth-order valence-electron chi connectivity index (χ4n) is 2.10. The molecule has 0 spiro atoms. The van der Waals surface area contributed by atoms with E-state index in [9.17, 15) is 9.59 Å². The molecule has 1 aliphatic heterocycles. The van der Waals surface area contributed by atoms with Gasteiger partial charge in [-0.1, -0.05) is 22.0 Å². The number of piperazine rings is 1. The van der Waals surface area contributed by atoms with Crippen LogP contribution in [0, 0.1) is 6.92 Å². The lowest BCUT2D eigenvalue weighted by Crippen LogP contribution is -2.61. The van der Waals surface area contributed by atoms with Crippen LogP contribution in [0.2, 0.25) is 0 Å². The summed E-state index contributed by atoms with van der Waals surface area (Å²) >= 11 is 3.44. The van der Waals surface area contributed by atoms with Crippen LogP contribution in [0.3, 0.4) is 0 Å². The molecule has 2 unspecified atom stereocenters. The van der Waals surface area contributed by atoms with Crippen LogP contribution in [-0.4, -0.2) is 23.9 Å².